The van der Waals surface area contributed by atoms with Gasteiger partial charge in [-0.25, -0.2) is 0 Å². The second-order valence-electron chi connectivity index (χ2n) is 11.7. The molecule has 0 aliphatic carbocycles. The number of hydrogen-bond acceptors (Lipinski definition) is 9. The number of anilines is 1. The first-order valence-electron chi connectivity index (χ1n) is 14.8. The number of hydrogen-bond donors (Lipinski definition) is 5. The van der Waals surface area contributed by atoms with E-state index in [0.717, 1.165) is 28.9 Å². The summed E-state index contributed by atoms with van der Waals surface area (Å²) in [5.74, 6) is -1.56. The van der Waals surface area contributed by atoms with Gasteiger partial charge in [0.15, 0.2) is 0 Å². The number of alkyl halides is 2. The third kappa shape index (κ3) is 6.49. The van der Waals surface area contributed by atoms with E-state index in [2.05, 4.69) is 20.8 Å². The SMILES string of the molecule is CC(O)N1CC[C@H]2CC[C@@H](C(=O)Nc3ccc4nnccc4c3)N2C(=O)C(NC(=O)c2cc3cc(C(F)(F)P(=O)(O)O)ccc3s2)C1. The van der Waals surface area contributed by atoms with E-state index in [-0.39, 0.29) is 28.8 Å². The Bertz CT molecular complexity index is 1920. The number of nitrogens with one attached hydrogen (secondary N) is 2. The van der Waals surface area contributed by atoms with Gasteiger partial charge in [0.2, 0.25) is 11.8 Å². The van der Waals surface area contributed by atoms with Gasteiger partial charge in [-0.2, -0.15) is 19.0 Å². The smallest absolute Gasteiger partial charge is 0.379 e. The third-order valence-corrected chi connectivity index (χ3v) is 10.7. The number of carbonyl (C=O) groups excluding carboxylic acids is 3. The van der Waals surface area contributed by atoms with Crippen LogP contribution in [0.25, 0.3) is 21.0 Å². The summed E-state index contributed by atoms with van der Waals surface area (Å²) in [7, 11) is -5.79. The molecular formula is C30H31F2N6O7PS. The van der Waals surface area contributed by atoms with Crippen molar-refractivity contribution in [2.75, 3.05) is 18.4 Å². The maximum Gasteiger partial charge on any atom is 0.399 e. The molecule has 3 amide bonds. The monoisotopic (exact) mass is 688 g/mol. The lowest BCUT2D eigenvalue weighted by Crippen LogP contribution is -2.61. The second kappa shape index (κ2) is 12.6. The lowest BCUT2D eigenvalue weighted by molar-refractivity contribution is -0.143. The van der Waals surface area contributed by atoms with Gasteiger partial charge in [0, 0.05) is 40.5 Å². The molecule has 17 heteroatoms. The molecule has 0 spiro atoms. The largest absolute Gasteiger partial charge is 0.399 e. The number of carbonyl (C=O) groups is 3. The first kappa shape index (κ1) is 33.0. The molecule has 248 valence electrons. The van der Waals surface area contributed by atoms with Gasteiger partial charge in [-0.05, 0) is 74.0 Å². The van der Waals surface area contributed by atoms with Gasteiger partial charge >= 0.3 is 13.3 Å². The summed E-state index contributed by atoms with van der Waals surface area (Å²) in [5.41, 5.74) is -4.13. The zero-order valence-electron chi connectivity index (χ0n) is 24.9. The van der Waals surface area contributed by atoms with E-state index < -0.39 is 48.9 Å². The normalized spacial score (nSPS) is 21.7. The van der Waals surface area contributed by atoms with Crippen molar-refractivity contribution in [3.05, 3.63) is 65.2 Å². The molecule has 2 saturated heterocycles. The maximum absolute atomic E-state index is 14.3. The average Bonchev–Trinajstić information content (AvgIpc) is 3.64. The summed E-state index contributed by atoms with van der Waals surface area (Å²) in [6.45, 7) is 1.91. The Balaban J connectivity index is 1.24. The number of aromatic nitrogens is 2. The Morgan fingerprint density at radius 2 is 1.87 bits per heavy atom. The summed E-state index contributed by atoms with van der Waals surface area (Å²) >= 11 is 0.954. The van der Waals surface area contributed by atoms with Crippen LogP contribution in [0.2, 0.25) is 0 Å². The summed E-state index contributed by atoms with van der Waals surface area (Å²) in [5, 5.41) is 24.9. The summed E-state index contributed by atoms with van der Waals surface area (Å²) < 4.78 is 40.4. The molecule has 6 rings (SSSR count). The molecule has 2 aliphatic rings. The zero-order valence-corrected chi connectivity index (χ0v) is 26.6. The molecular weight excluding hydrogens is 657 g/mol. The zero-order chi connectivity index (χ0) is 33.7. The van der Waals surface area contributed by atoms with Crippen molar-refractivity contribution in [1.82, 2.24) is 25.3 Å². The molecule has 47 heavy (non-hydrogen) atoms. The molecule has 2 aliphatic heterocycles. The van der Waals surface area contributed by atoms with E-state index in [1.807, 2.05) is 0 Å². The van der Waals surface area contributed by atoms with Gasteiger partial charge in [-0.3, -0.25) is 23.8 Å². The van der Waals surface area contributed by atoms with E-state index in [9.17, 15) is 32.8 Å². The summed E-state index contributed by atoms with van der Waals surface area (Å²) in [6, 6.07) is 9.01. The van der Waals surface area contributed by atoms with E-state index in [1.54, 1.807) is 42.3 Å². The molecule has 4 aromatic rings. The number of benzene rings is 2. The first-order valence-corrected chi connectivity index (χ1v) is 17.2. The maximum atomic E-state index is 14.3. The number of halogens is 2. The molecule has 0 radical (unpaired) electrons. The Kier molecular flexibility index (Phi) is 8.84. The predicted octanol–water partition coefficient (Wildman–Crippen LogP) is 3.21. The third-order valence-electron chi connectivity index (χ3n) is 8.59. The number of aliphatic hydroxyl groups is 1. The quantitative estimate of drug-likeness (QED) is 0.181. The number of rotatable bonds is 7. The number of amides is 3. The number of aliphatic hydroxyl groups excluding tert-OH is 1. The van der Waals surface area contributed by atoms with Crippen molar-refractivity contribution in [2.24, 2.45) is 0 Å². The fourth-order valence-corrected chi connectivity index (χ4v) is 7.56. The van der Waals surface area contributed by atoms with E-state index in [1.165, 1.54) is 17.0 Å². The van der Waals surface area contributed by atoms with Gasteiger partial charge in [0.25, 0.3) is 5.91 Å². The number of thiophene rings is 1. The van der Waals surface area contributed by atoms with Gasteiger partial charge in [0.1, 0.15) is 18.3 Å². The molecule has 13 nitrogen and oxygen atoms in total. The van der Waals surface area contributed by atoms with Crippen LogP contribution >= 0.6 is 18.9 Å². The standard InChI is InChI=1S/C30H31F2N6O7PS/c1-16(39)37-11-9-21-4-6-24(27(40)34-20-3-5-22-17(13-20)8-10-33-36-22)38(21)29(42)23(15-37)35-28(41)26-14-18-12-19(2-7-25(18)47-26)30(31,32)46(43,44)45/h2-3,5,7-8,10,12-14,16,21,23-24,39H,4,6,9,11,15H2,1H3,(H,34,40)(H,35,41)(H2,43,44,45)/t16?,21-,23?,24+/m1/s1. The van der Waals surface area contributed by atoms with Gasteiger partial charge < -0.3 is 30.4 Å². The fourth-order valence-electron chi connectivity index (χ4n) is 6.13. The lowest BCUT2D eigenvalue weighted by atomic mass is 10.1. The molecule has 5 N–H and O–H groups in total. The van der Waals surface area contributed by atoms with Crippen molar-refractivity contribution >= 4 is 63.3 Å². The molecule has 0 saturated carbocycles. The van der Waals surface area contributed by atoms with Crippen molar-refractivity contribution in [2.45, 2.75) is 56.2 Å². The Hall–Kier alpha value is -3.92. The van der Waals surface area contributed by atoms with E-state index in [0.29, 0.717) is 41.7 Å². The number of fused-ring (bicyclic) bond motifs is 3. The Morgan fingerprint density at radius 1 is 1.09 bits per heavy atom. The fraction of sp³-hybridized carbons (Fsp3) is 0.367. The van der Waals surface area contributed by atoms with Crippen molar-refractivity contribution in [3.8, 4) is 0 Å². The van der Waals surface area contributed by atoms with Crippen LogP contribution in [0, 0.1) is 0 Å². The Morgan fingerprint density at radius 3 is 2.62 bits per heavy atom. The first-order chi connectivity index (χ1) is 22.2. The van der Waals surface area contributed by atoms with Crippen LogP contribution in [0.3, 0.4) is 0 Å². The van der Waals surface area contributed by atoms with Gasteiger partial charge in [0.05, 0.1) is 16.6 Å². The highest BCUT2D eigenvalue weighted by atomic mass is 32.1. The molecule has 2 aromatic heterocycles. The van der Waals surface area contributed by atoms with Crippen LogP contribution in [0.15, 0.2) is 54.7 Å². The minimum Gasteiger partial charge on any atom is -0.379 e. The summed E-state index contributed by atoms with van der Waals surface area (Å²) in [4.78, 5) is 62.7. The lowest BCUT2D eigenvalue weighted by Gasteiger charge is -2.39. The molecule has 2 aromatic carbocycles. The Labute approximate surface area is 270 Å². The molecule has 4 atom stereocenters. The van der Waals surface area contributed by atoms with Crippen LogP contribution in [0.1, 0.15) is 41.4 Å². The predicted molar refractivity (Wildman–Crippen MR) is 169 cm³/mol. The molecule has 2 fully saturated rings. The van der Waals surface area contributed by atoms with Crippen LogP contribution in [0.4, 0.5) is 14.5 Å². The van der Waals surface area contributed by atoms with Crippen molar-refractivity contribution in [3.63, 3.8) is 0 Å². The number of nitrogens with zero attached hydrogens (tertiary/aromatic N) is 4. The average molecular weight is 689 g/mol. The topological polar surface area (TPSA) is 185 Å². The van der Waals surface area contributed by atoms with Gasteiger partial charge in [-0.15, -0.1) is 11.3 Å². The van der Waals surface area contributed by atoms with E-state index in [4.69, 9.17) is 9.79 Å². The van der Waals surface area contributed by atoms with Crippen molar-refractivity contribution in [1.29, 1.82) is 0 Å². The molecule has 2 unspecified atom stereocenters. The van der Waals surface area contributed by atoms with Crippen LogP contribution < -0.4 is 10.6 Å². The van der Waals surface area contributed by atoms with Gasteiger partial charge in [-0.1, -0.05) is 6.07 Å². The van der Waals surface area contributed by atoms with Crippen LogP contribution in [-0.4, -0.2) is 90.1 Å². The van der Waals surface area contributed by atoms with Crippen LogP contribution in [-0.2, 0) is 19.8 Å². The highest BCUT2D eigenvalue weighted by molar-refractivity contribution is 7.52. The van der Waals surface area contributed by atoms with Crippen LogP contribution in [0.5, 0.6) is 0 Å². The second-order valence-corrected chi connectivity index (χ2v) is 14.4. The molecule has 4 heterocycles. The highest BCUT2D eigenvalue weighted by Crippen LogP contribution is 2.59. The molecule has 0 bridgehead atoms. The summed E-state index contributed by atoms with van der Waals surface area (Å²) in [6.07, 6.45) is 2.07. The highest BCUT2D eigenvalue weighted by Gasteiger charge is 2.50. The van der Waals surface area contributed by atoms with E-state index >= 15 is 0 Å². The minimum atomic E-state index is -5.79. The minimum absolute atomic E-state index is 0.0466. The van der Waals surface area contributed by atoms with Crippen molar-refractivity contribution < 1.29 is 42.6 Å².